The van der Waals surface area contributed by atoms with E-state index in [2.05, 4.69) is 4.72 Å². The van der Waals surface area contributed by atoms with Crippen LogP contribution in [0.5, 0.6) is 0 Å². The second-order valence-corrected chi connectivity index (χ2v) is 9.13. The zero-order valence-electron chi connectivity index (χ0n) is 15.1. The molecule has 1 aromatic heterocycles. The first kappa shape index (κ1) is 19.9. The standard InChI is InChI=1S/C18H21ClFN3O3S/c1-12(2)10-23-6-5-22-11-15(8-17(22)18(23)24)27(25,26)21-9-13-3-4-14(20)7-16(13)19/h3-4,7-8,11-12,21H,5-6,9-10H2,1-2H3. The van der Waals surface area contributed by atoms with Gasteiger partial charge >= 0.3 is 0 Å². The van der Waals surface area contributed by atoms with Crippen molar-refractivity contribution in [3.05, 3.63) is 52.6 Å². The molecule has 27 heavy (non-hydrogen) atoms. The highest BCUT2D eigenvalue weighted by Crippen LogP contribution is 2.22. The number of nitrogens with zero attached hydrogens (tertiary/aromatic N) is 2. The molecule has 0 fully saturated rings. The number of halogens is 2. The van der Waals surface area contributed by atoms with Crippen molar-refractivity contribution in [3.63, 3.8) is 0 Å². The molecule has 1 amide bonds. The third-order valence-corrected chi connectivity index (χ3v) is 6.07. The first-order valence-corrected chi connectivity index (χ1v) is 10.5. The summed E-state index contributed by atoms with van der Waals surface area (Å²) in [6.45, 7) is 5.72. The Bertz CT molecular complexity index is 972. The molecule has 0 spiro atoms. The number of benzene rings is 1. The number of nitrogens with one attached hydrogen (secondary N) is 1. The van der Waals surface area contributed by atoms with Gasteiger partial charge in [0, 0.05) is 37.4 Å². The van der Waals surface area contributed by atoms with Crippen LogP contribution >= 0.6 is 11.6 Å². The van der Waals surface area contributed by atoms with E-state index in [0.717, 1.165) is 6.07 Å². The first-order valence-electron chi connectivity index (χ1n) is 8.60. The largest absolute Gasteiger partial charge is 0.340 e. The molecule has 0 unspecified atom stereocenters. The van der Waals surface area contributed by atoms with Crippen molar-refractivity contribution in [2.75, 3.05) is 13.1 Å². The van der Waals surface area contributed by atoms with Crippen molar-refractivity contribution in [2.24, 2.45) is 5.92 Å². The summed E-state index contributed by atoms with van der Waals surface area (Å²) >= 11 is 5.93. The normalized spacial score (nSPS) is 14.7. The number of amides is 1. The minimum atomic E-state index is -3.84. The van der Waals surface area contributed by atoms with Crippen LogP contribution in [0, 0.1) is 11.7 Å². The van der Waals surface area contributed by atoms with Crippen LogP contribution in [0.3, 0.4) is 0 Å². The van der Waals surface area contributed by atoms with Crippen LogP contribution in [0.1, 0.15) is 29.9 Å². The Morgan fingerprint density at radius 3 is 2.67 bits per heavy atom. The molecule has 1 aromatic carbocycles. The number of hydrogen-bond donors (Lipinski definition) is 1. The van der Waals surface area contributed by atoms with Crippen LogP contribution in [0.25, 0.3) is 0 Å². The minimum absolute atomic E-state index is 0.0236. The van der Waals surface area contributed by atoms with Gasteiger partial charge in [0.2, 0.25) is 10.0 Å². The number of aromatic nitrogens is 1. The van der Waals surface area contributed by atoms with Gasteiger partial charge in [0.15, 0.2) is 0 Å². The molecule has 0 saturated carbocycles. The van der Waals surface area contributed by atoms with E-state index in [0.29, 0.717) is 36.8 Å². The maximum absolute atomic E-state index is 13.1. The van der Waals surface area contributed by atoms with Crippen LogP contribution < -0.4 is 4.72 Å². The number of rotatable bonds is 6. The fourth-order valence-electron chi connectivity index (χ4n) is 3.02. The summed E-state index contributed by atoms with van der Waals surface area (Å²) in [6, 6.07) is 5.17. The second-order valence-electron chi connectivity index (χ2n) is 6.96. The topological polar surface area (TPSA) is 71.4 Å². The molecule has 0 atom stereocenters. The van der Waals surface area contributed by atoms with Gasteiger partial charge in [0.1, 0.15) is 16.4 Å². The monoisotopic (exact) mass is 413 g/mol. The van der Waals surface area contributed by atoms with Gasteiger partial charge in [-0.05, 0) is 29.7 Å². The summed E-state index contributed by atoms with van der Waals surface area (Å²) in [5.41, 5.74) is 0.826. The highest BCUT2D eigenvalue weighted by atomic mass is 35.5. The number of carbonyl (C=O) groups excluding carboxylic acids is 1. The molecule has 146 valence electrons. The van der Waals surface area contributed by atoms with E-state index in [4.69, 9.17) is 11.6 Å². The maximum Gasteiger partial charge on any atom is 0.270 e. The smallest absolute Gasteiger partial charge is 0.270 e. The lowest BCUT2D eigenvalue weighted by Gasteiger charge is -2.29. The highest BCUT2D eigenvalue weighted by molar-refractivity contribution is 7.89. The third-order valence-electron chi connectivity index (χ3n) is 4.35. The van der Waals surface area contributed by atoms with Gasteiger partial charge in [-0.3, -0.25) is 4.79 Å². The molecule has 0 saturated heterocycles. The summed E-state index contributed by atoms with van der Waals surface area (Å²) in [7, 11) is -3.84. The van der Waals surface area contributed by atoms with E-state index in [9.17, 15) is 17.6 Å². The Hall–Kier alpha value is -1.90. The Labute approximate surface area is 163 Å². The predicted molar refractivity (Wildman–Crippen MR) is 101 cm³/mol. The van der Waals surface area contributed by atoms with Crippen molar-refractivity contribution in [1.29, 1.82) is 0 Å². The van der Waals surface area contributed by atoms with Crippen LogP contribution in [0.15, 0.2) is 35.4 Å². The Balaban J connectivity index is 1.77. The van der Waals surface area contributed by atoms with Crippen molar-refractivity contribution >= 4 is 27.5 Å². The first-order chi connectivity index (χ1) is 12.7. The highest BCUT2D eigenvalue weighted by Gasteiger charge is 2.28. The lowest BCUT2D eigenvalue weighted by atomic mass is 10.2. The average Bonchev–Trinajstić information content (AvgIpc) is 3.02. The van der Waals surface area contributed by atoms with Crippen molar-refractivity contribution in [3.8, 4) is 0 Å². The fraction of sp³-hybridized carbons (Fsp3) is 0.389. The van der Waals surface area contributed by atoms with Crippen molar-refractivity contribution in [1.82, 2.24) is 14.2 Å². The van der Waals surface area contributed by atoms with Gasteiger partial charge in [-0.25, -0.2) is 17.5 Å². The van der Waals surface area contributed by atoms with E-state index < -0.39 is 15.8 Å². The van der Waals surface area contributed by atoms with Gasteiger partial charge in [0.05, 0.1) is 0 Å². The average molecular weight is 414 g/mol. The molecule has 1 aliphatic rings. The van der Waals surface area contributed by atoms with Crippen LogP contribution in [0.4, 0.5) is 4.39 Å². The van der Waals surface area contributed by atoms with Crippen LogP contribution in [0.2, 0.25) is 5.02 Å². The van der Waals surface area contributed by atoms with E-state index in [1.807, 2.05) is 13.8 Å². The van der Waals surface area contributed by atoms with E-state index in [1.165, 1.54) is 24.4 Å². The molecule has 9 heteroatoms. The predicted octanol–water partition coefficient (Wildman–Crippen LogP) is 2.87. The molecule has 1 aliphatic heterocycles. The Morgan fingerprint density at radius 2 is 2.00 bits per heavy atom. The minimum Gasteiger partial charge on any atom is -0.340 e. The van der Waals surface area contributed by atoms with Gasteiger partial charge in [0.25, 0.3) is 5.91 Å². The molecule has 0 aliphatic carbocycles. The molecular formula is C18H21ClFN3O3S. The molecule has 2 heterocycles. The summed E-state index contributed by atoms with van der Waals surface area (Å²) in [6.07, 6.45) is 1.47. The van der Waals surface area contributed by atoms with Gasteiger partial charge in [-0.2, -0.15) is 0 Å². The lowest BCUT2D eigenvalue weighted by Crippen LogP contribution is -2.41. The molecule has 0 bridgehead atoms. The maximum atomic E-state index is 13.1. The van der Waals surface area contributed by atoms with Crippen LogP contribution in [-0.4, -0.2) is 36.9 Å². The molecule has 2 aromatic rings. The lowest BCUT2D eigenvalue weighted by molar-refractivity contribution is 0.0683. The zero-order chi connectivity index (χ0) is 19.8. The Morgan fingerprint density at radius 1 is 1.26 bits per heavy atom. The van der Waals surface area contributed by atoms with Crippen LogP contribution in [-0.2, 0) is 23.1 Å². The van der Waals surface area contributed by atoms with Gasteiger partial charge < -0.3 is 9.47 Å². The number of sulfonamides is 1. The summed E-state index contributed by atoms with van der Waals surface area (Å²) < 4.78 is 42.4. The fourth-order valence-corrected chi connectivity index (χ4v) is 4.30. The number of hydrogen-bond acceptors (Lipinski definition) is 3. The van der Waals surface area contributed by atoms with Gasteiger partial charge in [-0.15, -0.1) is 0 Å². The SMILES string of the molecule is CC(C)CN1CCn2cc(S(=O)(=O)NCc3ccc(F)cc3Cl)cc2C1=O. The summed E-state index contributed by atoms with van der Waals surface area (Å²) in [5, 5.41) is 0.147. The Kier molecular flexibility index (Phi) is 5.60. The van der Waals surface area contributed by atoms with E-state index in [1.54, 1.807) is 9.47 Å². The van der Waals surface area contributed by atoms with E-state index in [-0.39, 0.29) is 22.4 Å². The molecule has 0 radical (unpaired) electrons. The third kappa shape index (κ3) is 4.34. The van der Waals surface area contributed by atoms with Crippen molar-refractivity contribution in [2.45, 2.75) is 31.8 Å². The van der Waals surface area contributed by atoms with Crippen molar-refractivity contribution < 1.29 is 17.6 Å². The molecular weight excluding hydrogens is 393 g/mol. The molecule has 1 N–H and O–H groups in total. The van der Waals surface area contributed by atoms with E-state index >= 15 is 0 Å². The quantitative estimate of drug-likeness (QED) is 0.791. The number of carbonyl (C=O) groups is 1. The summed E-state index contributed by atoms with van der Waals surface area (Å²) in [4.78, 5) is 14.3. The summed E-state index contributed by atoms with van der Waals surface area (Å²) in [5.74, 6) is -0.324. The molecule has 3 rings (SSSR count). The number of fused-ring (bicyclic) bond motifs is 1. The van der Waals surface area contributed by atoms with Gasteiger partial charge in [-0.1, -0.05) is 31.5 Å². The second kappa shape index (κ2) is 7.61. The zero-order valence-corrected chi connectivity index (χ0v) is 16.6. The molecule has 6 nitrogen and oxygen atoms in total.